The van der Waals surface area contributed by atoms with E-state index in [1.807, 2.05) is 0 Å². The molecule has 2 amide bonds. The molecule has 0 aliphatic carbocycles. The fourth-order valence-corrected chi connectivity index (χ4v) is 3.11. The number of nitrogens with zero attached hydrogens (tertiary/aromatic N) is 3. The topological polar surface area (TPSA) is 53.1 Å². The Hall–Kier alpha value is -1.51. The maximum absolute atomic E-state index is 12.6. The number of carbonyl (C=O) groups is 2. The summed E-state index contributed by atoms with van der Waals surface area (Å²) in [6, 6.07) is -0.564. The van der Waals surface area contributed by atoms with Crippen LogP contribution in [0.15, 0.2) is 0 Å². The van der Waals surface area contributed by atoms with E-state index in [1.54, 1.807) is 4.90 Å². The summed E-state index contributed by atoms with van der Waals surface area (Å²) in [6.45, 7) is 0.400. The summed E-state index contributed by atoms with van der Waals surface area (Å²) in [5.74, 6) is -0.193. The van der Waals surface area contributed by atoms with Crippen molar-refractivity contribution in [3.8, 4) is 0 Å². The van der Waals surface area contributed by atoms with Crippen molar-refractivity contribution in [1.82, 2.24) is 14.7 Å². The zero-order valence-corrected chi connectivity index (χ0v) is 13.1. The Morgan fingerprint density at radius 1 is 1.09 bits per heavy atom. The van der Waals surface area contributed by atoms with Gasteiger partial charge in [0, 0.05) is 32.7 Å². The maximum atomic E-state index is 12.6. The van der Waals surface area contributed by atoms with Gasteiger partial charge in [-0.1, -0.05) is 0 Å². The smallest absolute Gasteiger partial charge is 0.410 e. The molecule has 0 radical (unpaired) electrons. The Labute approximate surface area is 133 Å². The number of piperidine rings is 1. The van der Waals surface area contributed by atoms with E-state index in [0.717, 1.165) is 12.8 Å². The molecule has 2 fully saturated rings. The summed E-state index contributed by atoms with van der Waals surface area (Å²) in [5.41, 5.74) is 0. The van der Waals surface area contributed by atoms with E-state index < -0.39 is 24.9 Å². The van der Waals surface area contributed by atoms with Crippen LogP contribution in [0.2, 0.25) is 0 Å². The SMILES string of the molecule is COC(=O)N1CCCC[C@@H]1C(=O)N1CCN(CC(F)(F)F)CC1. The highest BCUT2D eigenvalue weighted by molar-refractivity contribution is 5.86. The van der Waals surface area contributed by atoms with Crippen molar-refractivity contribution in [2.24, 2.45) is 0 Å². The van der Waals surface area contributed by atoms with Gasteiger partial charge in [-0.3, -0.25) is 14.6 Å². The minimum atomic E-state index is -4.22. The predicted octanol–water partition coefficient (Wildman–Crippen LogP) is 1.31. The zero-order valence-electron chi connectivity index (χ0n) is 13.1. The number of piperazine rings is 1. The van der Waals surface area contributed by atoms with E-state index in [4.69, 9.17) is 4.74 Å². The molecular weight excluding hydrogens is 315 g/mol. The summed E-state index contributed by atoms with van der Waals surface area (Å²) >= 11 is 0. The molecule has 0 N–H and O–H groups in total. The van der Waals surface area contributed by atoms with Gasteiger partial charge in [-0.25, -0.2) is 4.79 Å². The Kier molecular flexibility index (Phi) is 5.72. The van der Waals surface area contributed by atoms with Crippen LogP contribution in [-0.4, -0.2) is 85.3 Å². The predicted molar refractivity (Wildman–Crippen MR) is 75.8 cm³/mol. The van der Waals surface area contributed by atoms with E-state index in [2.05, 4.69) is 0 Å². The van der Waals surface area contributed by atoms with Gasteiger partial charge < -0.3 is 9.64 Å². The zero-order chi connectivity index (χ0) is 17.0. The number of alkyl halides is 3. The number of halogens is 3. The minimum Gasteiger partial charge on any atom is -0.453 e. The molecule has 1 atom stereocenters. The van der Waals surface area contributed by atoms with Crippen LogP contribution >= 0.6 is 0 Å². The van der Waals surface area contributed by atoms with Gasteiger partial charge in [-0.05, 0) is 19.3 Å². The normalized spacial score (nSPS) is 23.7. The number of ether oxygens (including phenoxy) is 1. The van der Waals surface area contributed by atoms with E-state index in [9.17, 15) is 22.8 Å². The van der Waals surface area contributed by atoms with E-state index in [1.165, 1.54) is 16.9 Å². The third kappa shape index (κ3) is 4.73. The van der Waals surface area contributed by atoms with Gasteiger partial charge in [0.15, 0.2) is 0 Å². The molecule has 0 aromatic heterocycles. The minimum absolute atomic E-state index is 0.191. The van der Waals surface area contributed by atoms with E-state index in [-0.39, 0.29) is 32.1 Å². The summed E-state index contributed by atoms with van der Waals surface area (Å²) < 4.78 is 41.9. The lowest BCUT2D eigenvalue weighted by Gasteiger charge is -2.40. The molecule has 9 heteroatoms. The molecular formula is C14H22F3N3O3. The Morgan fingerprint density at radius 2 is 1.74 bits per heavy atom. The Balaban J connectivity index is 1.91. The highest BCUT2D eigenvalue weighted by Gasteiger charge is 2.37. The van der Waals surface area contributed by atoms with Crippen molar-refractivity contribution in [2.75, 3.05) is 46.4 Å². The summed E-state index contributed by atoms with van der Waals surface area (Å²) in [5, 5.41) is 0. The number of amides is 2. The van der Waals surface area contributed by atoms with Gasteiger partial charge in [-0.2, -0.15) is 13.2 Å². The van der Waals surface area contributed by atoms with Gasteiger partial charge in [0.2, 0.25) is 5.91 Å². The van der Waals surface area contributed by atoms with Crippen LogP contribution in [0.25, 0.3) is 0 Å². The third-order valence-electron chi connectivity index (χ3n) is 4.28. The fourth-order valence-electron chi connectivity index (χ4n) is 3.11. The molecule has 2 saturated heterocycles. The van der Waals surface area contributed by atoms with Gasteiger partial charge >= 0.3 is 12.3 Å². The van der Waals surface area contributed by atoms with Crippen LogP contribution in [0.5, 0.6) is 0 Å². The van der Waals surface area contributed by atoms with Crippen LogP contribution in [0.1, 0.15) is 19.3 Å². The van der Waals surface area contributed by atoms with Crippen molar-refractivity contribution < 1.29 is 27.5 Å². The lowest BCUT2D eigenvalue weighted by Crippen LogP contribution is -2.57. The quantitative estimate of drug-likeness (QED) is 0.763. The first-order valence-electron chi connectivity index (χ1n) is 7.74. The number of hydrogen-bond donors (Lipinski definition) is 0. The number of likely N-dealkylation sites (tertiary alicyclic amines) is 1. The van der Waals surface area contributed by atoms with Crippen LogP contribution in [0.3, 0.4) is 0 Å². The number of methoxy groups -OCH3 is 1. The first kappa shape index (κ1) is 17.8. The molecule has 0 saturated carbocycles. The first-order chi connectivity index (χ1) is 10.8. The number of hydrogen-bond acceptors (Lipinski definition) is 4. The number of carbonyl (C=O) groups excluding carboxylic acids is 2. The summed E-state index contributed by atoms with van der Waals surface area (Å²) in [7, 11) is 1.27. The molecule has 0 aromatic rings. The average molecular weight is 337 g/mol. The lowest BCUT2D eigenvalue weighted by atomic mass is 10.0. The van der Waals surface area contributed by atoms with Gasteiger partial charge in [0.05, 0.1) is 13.7 Å². The van der Waals surface area contributed by atoms with Crippen molar-refractivity contribution in [1.29, 1.82) is 0 Å². The molecule has 0 bridgehead atoms. The van der Waals surface area contributed by atoms with Crippen molar-refractivity contribution in [3.63, 3.8) is 0 Å². The molecule has 132 valence electrons. The molecule has 6 nitrogen and oxygen atoms in total. The van der Waals surface area contributed by atoms with Gasteiger partial charge in [0.25, 0.3) is 0 Å². The molecule has 2 heterocycles. The maximum Gasteiger partial charge on any atom is 0.410 e. The molecule has 0 aromatic carbocycles. The Morgan fingerprint density at radius 3 is 2.30 bits per heavy atom. The molecule has 23 heavy (non-hydrogen) atoms. The Bertz CT molecular complexity index is 437. The average Bonchev–Trinajstić information content (AvgIpc) is 2.52. The van der Waals surface area contributed by atoms with Crippen molar-refractivity contribution >= 4 is 12.0 Å². The monoisotopic (exact) mass is 337 g/mol. The second kappa shape index (κ2) is 7.37. The first-order valence-corrected chi connectivity index (χ1v) is 7.74. The van der Waals surface area contributed by atoms with Crippen LogP contribution in [0.4, 0.5) is 18.0 Å². The number of rotatable bonds is 2. The highest BCUT2D eigenvalue weighted by Crippen LogP contribution is 2.22. The van der Waals surface area contributed by atoms with Gasteiger partial charge in [-0.15, -0.1) is 0 Å². The molecule has 2 aliphatic rings. The van der Waals surface area contributed by atoms with Crippen LogP contribution in [0, 0.1) is 0 Å². The van der Waals surface area contributed by atoms with Crippen LogP contribution in [-0.2, 0) is 9.53 Å². The lowest BCUT2D eigenvalue weighted by molar-refractivity contribution is -0.153. The molecule has 2 rings (SSSR count). The standard InChI is InChI=1S/C14H22F3N3O3/c1-23-13(22)20-5-3-2-4-11(20)12(21)19-8-6-18(7-9-19)10-14(15,16)17/h11H,2-10H2,1H3/t11-/m1/s1. The highest BCUT2D eigenvalue weighted by atomic mass is 19.4. The van der Waals surface area contributed by atoms with Crippen molar-refractivity contribution in [3.05, 3.63) is 0 Å². The fraction of sp³-hybridized carbons (Fsp3) is 0.857. The molecule has 0 unspecified atom stereocenters. The largest absolute Gasteiger partial charge is 0.453 e. The van der Waals surface area contributed by atoms with Crippen molar-refractivity contribution in [2.45, 2.75) is 31.5 Å². The molecule has 2 aliphatic heterocycles. The summed E-state index contributed by atoms with van der Waals surface area (Å²) in [4.78, 5) is 28.7. The van der Waals surface area contributed by atoms with E-state index >= 15 is 0 Å². The van der Waals surface area contributed by atoms with E-state index in [0.29, 0.717) is 13.0 Å². The second-order valence-electron chi connectivity index (χ2n) is 5.89. The second-order valence-corrected chi connectivity index (χ2v) is 5.89. The third-order valence-corrected chi connectivity index (χ3v) is 4.28. The van der Waals surface area contributed by atoms with Crippen LogP contribution < -0.4 is 0 Å². The van der Waals surface area contributed by atoms with Gasteiger partial charge in [0.1, 0.15) is 6.04 Å². The summed E-state index contributed by atoms with van der Waals surface area (Å²) in [6.07, 6.45) is -2.52. The molecule has 0 spiro atoms.